The van der Waals surface area contributed by atoms with Crippen molar-refractivity contribution in [1.29, 1.82) is 0 Å². The number of carbonyl (C=O) groups is 2. The predicted molar refractivity (Wildman–Crippen MR) is 91.0 cm³/mol. The lowest BCUT2D eigenvalue weighted by molar-refractivity contribution is 0.0599. The standard InChI is InChI=1S/C18H17BrO4/c1-11(2)15-10-14(19)8-9-16(15)23-18(21)13-6-4-12(5-7-13)17(20)22-3/h4-11H,1-3H3. The smallest absolute Gasteiger partial charge is 0.343 e. The topological polar surface area (TPSA) is 52.6 Å². The summed E-state index contributed by atoms with van der Waals surface area (Å²) in [5.41, 5.74) is 1.70. The van der Waals surface area contributed by atoms with E-state index in [-0.39, 0.29) is 5.92 Å². The number of carbonyl (C=O) groups excluding carboxylic acids is 2. The van der Waals surface area contributed by atoms with Crippen LogP contribution in [0, 0.1) is 0 Å². The number of rotatable bonds is 4. The van der Waals surface area contributed by atoms with E-state index >= 15 is 0 Å². The molecule has 5 heteroatoms. The molecule has 0 fully saturated rings. The van der Waals surface area contributed by atoms with Crippen LogP contribution in [0.25, 0.3) is 0 Å². The number of hydrogen-bond donors (Lipinski definition) is 0. The van der Waals surface area contributed by atoms with Crippen LogP contribution in [0.2, 0.25) is 0 Å². The zero-order chi connectivity index (χ0) is 17.0. The summed E-state index contributed by atoms with van der Waals surface area (Å²) in [6, 6.07) is 11.7. The Morgan fingerprint density at radius 2 is 1.52 bits per heavy atom. The fourth-order valence-electron chi connectivity index (χ4n) is 2.08. The molecule has 120 valence electrons. The summed E-state index contributed by atoms with van der Waals surface area (Å²) in [5.74, 6) is -0.159. The van der Waals surface area contributed by atoms with E-state index < -0.39 is 11.9 Å². The highest BCUT2D eigenvalue weighted by Crippen LogP contribution is 2.30. The van der Waals surface area contributed by atoms with Crippen LogP contribution in [0.15, 0.2) is 46.9 Å². The van der Waals surface area contributed by atoms with Gasteiger partial charge in [-0.05, 0) is 53.9 Å². The highest BCUT2D eigenvalue weighted by atomic mass is 79.9. The van der Waals surface area contributed by atoms with Crippen molar-refractivity contribution >= 4 is 27.9 Å². The number of hydrogen-bond acceptors (Lipinski definition) is 4. The van der Waals surface area contributed by atoms with Crippen molar-refractivity contribution < 1.29 is 19.1 Å². The van der Waals surface area contributed by atoms with E-state index in [1.807, 2.05) is 26.0 Å². The molecular weight excluding hydrogens is 360 g/mol. The summed E-state index contributed by atoms with van der Waals surface area (Å²) in [7, 11) is 1.31. The molecule has 4 nitrogen and oxygen atoms in total. The summed E-state index contributed by atoms with van der Waals surface area (Å²) >= 11 is 3.42. The molecule has 0 aromatic heterocycles. The minimum absolute atomic E-state index is 0.219. The quantitative estimate of drug-likeness (QED) is 0.578. The Hall–Kier alpha value is -2.14. The third-order valence-corrected chi connectivity index (χ3v) is 3.83. The molecule has 2 aromatic carbocycles. The molecule has 0 heterocycles. The van der Waals surface area contributed by atoms with Gasteiger partial charge in [0.1, 0.15) is 5.75 Å². The van der Waals surface area contributed by atoms with Crippen LogP contribution in [0.1, 0.15) is 46.0 Å². The molecule has 2 aromatic rings. The van der Waals surface area contributed by atoms with Crippen molar-refractivity contribution in [3.8, 4) is 5.75 Å². The Bertz CT molecular complexity index is 720. The van der Waals surface area contributed by atoms with Gasteiger partial charge in [-0.25, -0.2) is 9.59 Å². The average Bonchev–Trinajstić information content (AvgIpc) is 2.55. The predicted octanol–water partition coefficient (Wildman–Crippen LogP) is 4.58. The van der Waals surface area contributed by atoms with Crippen molar-refractivity contribution in [3.05, 3.63) is 63.6 Å². The van der Waals surface area contributed by atoms with Crippen molar-refractivity contribution in [3.63, 3.8) is 0 Å². The lowest BCUT2D eigenvalue weighted by Gasteiger charge is -2.13. The Labute approximate surface area is 143 Å². The molecule has 0 aliphatic heterocycles. The van der Waals surface area contributed by atoms with Gasteiger partial charge in [0, 0.05) is 4.47 Å². The van der Waals surface area contributed by atoms with Crippen LogP contribution < -0.4 is 4.74 Å². The molecule has 0 aliphatic rings. The number of halogens is 1. The van der Waals surface area contributed by atoms with Gasteiger partial charge in [0.25, 0.3) is 0 Å². The third kappa shape index (κ3) is 4.20. The Morgan fingerprint density at radius 1 is 0.957 bits per heavy atom. The molecule has 0 unspecified atom stereocenters. The SMILES string of the molecule is COC(=O)c1ccc(C(=O)Oc2ccc(Br)cc2C(C)C)cc1. The molecule has 0 aliphatic carbocycles. The molecule has 0 saturated heterocycles. The van der Waals surface area contributed by atoms with Crippen molar-refractivity contribution in [2.75, 3.05) is 7.11 Å². The Kier molecular flexibility index (Phi) is 5.55. The summed E-state index contributed by atoms with van der Waals surface area (Å²) < 4.78 is 11.1. The van der Waals surface area contributed by atoms with E-state index in [1.165, 1.54) is 19.2 Å². The van der Waals surface area contributed by atoms with Crippen LogP contribution in [-0.2, 0) is 4.74 Å². The number of ether oxygens (including phenoxy) is 2. The van der Waals surface area contributed by atoms with Gasteiger partial charge >= 0.3 is 11.9 Å². The average molecular weight is 377 g/mol. The molecular formula is C18H17BrO4. The van der Waals surface area contributed by atoms with Crippen molar-refractivity contribution in [2.24, 2.45) is 0 Å². The molecule has 0 radical (unpaired) electrons. The van der Waals surface area contributed by atoms with Gasteiger partial charge in [-0.15, -0.1) is 0 Å². The molecule has 0 spiro atoms. The number of benzene rings is 2. The Morgan fingerprint density at radius 3 is 2.04 bits per heavy atom. The maximum atomic E-state index is 12.3. The summed E-state index contributed by atoms with van der Waals surface area (Å²) in [6.45, 7) is 4.06. The van der Waals surface area contributed by atoms with Gasteiger partial charge < -0.3 is 9.47 Å². The van der Waals surface area contributed by atoms with Crippen LogP contribution in [0.5, 0.6) is 5.75 Å². The summed E-state index contributed by atoms with van der Waals surface area (Å²) in [4.78, 5) is 23.7. The van der Waals surface area contributed by atoms with Crippen LogP contribution >= 0.6 is 15.9 Å². The van der Waals surface area contributed by atoms with Crippen LogP contribution in [0.3, 0.4) is 0 Å². The van der Waals surface area contributed by atoms with Crippen LogP contribution in [-0.4, -0.2) is 19.0 Å². The van der Waals surface area contributed by atoms with E-state index in [0.717, 1.165) is 10.0 Å². The van der Waals surface area contributed by atoms with Crippen LogP contribution in [0.4, 0.5) is 0 Å². The second-order valence-corrected chi connectivity index (χ2v) is 6.21. The maximum absolute atomic E-state index is 12.3. The fourth-order valence-corrected chi connectivity index (χ4v) is 2.46. The number of methoxy groups -OCH3 is 1. The fraction of sp³-hybridized carbons (Fsp3) is 0.222. The lowest BCUT2D eigenvalue weighted by Crippen LogP contribution is -2.11. The molecule has 0 atom stereocenters. The van der Waals surface area contributed by atoms with E-state index in [2.05, 4.69) is 20.7 Å². The summed E-state index contributed by atoms with van der Waals surface area (Å²) in [6.07, 6.45) is 0. The molecule has 2 rings (SSSR count). The monoisotopic (exact) mass is 376 g/mol. The van der Waals surface area contributed by atoms with Gasteiger partial charge in [-0.1, -0.05) is 29.8 Å². The van der Waals surface area contributed by atoms with Crippen molar-refractivity contribution in [1.82, 2.24) is 0 Å². The van der Waals surface area contributed by atoms with E-state index in [4.69, 9.17) is 4.74 Å². The molecule has 0 saturated carbocycles. The van der Waals surface area contributed by atoms with E-state index in [1.54, 1.807) is 18.2 Å². The third-order valence-electron chi connectivity index (χ3n) is 3.34. The van der Waals surface area contributed by atoms with Gasteiger partial charge in [-0.2, -0.15) is 0 Å². The zero-order valence-corrected chi connectivity index (χ0v) is 14.7. The molecule has 23 heavy (non-hydrogen) atoms. The molecule has 0 amide bonds. The lowest BCUT2D eigenvalue weighted by atomic mass is 10.0. The zero-order valence-electron chi connectivity index (χ0n) is 13.1. The molecule has 0 bridgehead atoms. The highest BCUT2D eigenvalue weighted by Gasteiger charge is 2.15. The minimum Gasteiger partial charge on any atom is -0.465 e. The second-order valence-electron chi connectivity index (χ2n) is 5.30. The van der Waals surface area contributed by atoms with Gasteiger partial charge in [0.15, 0.2) is 0 Å². The van der Waals surface area contributed by atoms with Gasteiger partial charge in [0.05, 0.1) is 18.2 Å². The second kappa shape index (κ2) is 7.42. The van der Waals surface area contributed by atoms with Crippen molar-refractivity contribution in [2.45, 2.75) is 19.8 Å². The van der Waals surface area contributed by atoms with E-state index in [9.17, 15) is 9.59 Å². The number of esters is 2. The summed E-state index contributed by atoms with van der Waals surface area (Å²) in [5, 5.41) is 0. The maximum Gasteiger partial charge on any atom is 0.343 e. The first-order valence-electron chi connectivity index (χ1n) is 7.12. The molecule has 0 N–H and O–H groups in total. The first kappa shape index (κ1) is 17.2. The largest absolute Gasteiger partial charge is 0.465 e. The first-order chi connectivity index (χ1) is 10.9. The minimum atomic E-state index is -0.467. The van der Waals surface area contributed by atoms with Gasteiger partial charge in [0.2, 0.25) is 0 Å². The van der Waals surface area contributed by atoms with Gasteiger partial charge in [-0.3, -0.25) is 0 Å². The van der Waals surface area contributed by atoms with E-state index in [0.29, 0.717) is 16.9 Å². The first-order valence-corrected chi connectivity index (χ1v) is 7.91. The Balaban J connectivity index is 2.21. The normalized spacial score (nSPS) is 10.5. The highest BCUT2D eigenvalue weighted by molar-refractivity contribution is 9.10.